The van der Waals surface area contributed by atoms with Gasteiger partial charge in [-0.3, -0.25) is 9.59 Å². The van der Waals surface area contributed by atoms with E-state index in [0.29, 0.717) is 46.1 Å². The van der Waals surface area contributed by atoms with Crippen molar-refractivity contribution in [2.45, 2.75) is 13.5 Å². The van der Waals surface area contributed by atoms with E-state index in [9.17, 15) is 9.59 Å². The van der Waals surface area contributed by atoms with Gasteiger partial charge in [0.1, 0.15) is 11.3 Å². The summed E-state index contributed by atoms with van der Waals surface area (Å²) in [5.41, 5.74) is 3.30. The van der Waals surface area contributed by atoms with Gasteiger partial charge in [0, 0.05) is 25.9 Å². The summed E-state index contributed by atoms with van der Waals surface area (Å²) in [7, 11) is 6.48. The summed E-state index contributed by atoms with van der Waals surface area (Å²) in [6.07, 6.45) is 8.54. The number of hydrogen-bond acceptors (Lipinski definition) is 8. The van der Waals surface area contributed by atoms with Crippen LogP contribution in [0.25, 0.3) is 17.1 Å². The van der Waals surface area contributed by atoms with Crippen LogP contribution in [-0.4, -0.2) is 44.2 Å². The molecule has 1 amide bonds. The molecule has 186 valence electrons. The average molecular weight is 490 g/mol. The number of methoxy groups -OCH3 is 2. The van der Waals surface area contributed by atoms with E-state index < -0.39 is 0 Å². The van der Waals surface area contributed by atoms with Crippen molar-refractivity contribution in [1.29, 1.82) is 0 Å². The van der Waals surface area contributed by atoms with E-state index in [-0.39, 0.29) is 17.2 Å². The van der Waals surface area contributed by atoms with Gasteiger partial charge in [-0.25, -0.2) is 15.0 Å². The topological polar surface area (TPSA) is 125 Å². The molecule has 4 rings (SSSR count). The van der Waals surface area contributed by atoms with Crippen molar-refractivity contribution in [3.8, 4) is 11.5 Å². The van der Waals surface area contributed by atoms with Crippen molar-refractivity contribution < 1.29 is 14.3 Å². The van der Waals surface area contributed by atoms with Crippen LogP contribution in [0.2, 0.25) is 0 Å². The number of aryl methyl sites for hydroxylation is 2. The van der Waals surface area contributed by atoms with E-state index in [0.717, 1.165) is 5.69 Å². The number of aromatic nitrogens is 5. The Kier molecular flexibility index (Phi) is 7.00. The lowest BCUT2D eigenvalue weighted by atomic mass is 10.1. The second-order valence-corrected chi connectivity index (χ2v) is 7.96. The van der Waals surface area contributed by atoms with Crippen LogP contribution < -0.4 is 25.7 Å². The predicted molar refractivity (Wildman–Crippen MR) is 137 cm³/mol. The molecule has 0 aliphatic rings. The number of rotatable bonds is 8. The van der Waals surface area contributed by atoms with Gasteiger partial charge in [0.15, 0.2) is 5.75 Å². The van der Waals surface area contributed by atoms with Crippen LogP contribution in [0.15, 0.2) is 47.8 Å². The second-order valence-electron chi connectivity index (χ2n) is 7.96. The first-order valence-corrected chi connectivity index (χ1v) is 11.1. The third-order valence-electron chi connectivity index (χ3n) is 5.72. The first-order valence-electron chi connectivity index (χ1n) is 11.1. The fourth-order valence-corrected chi connectivity index (χ4v) is 3.77. The minimum Gasteiger partial charge on any atom is -0.495 e. The third-order valence-corrected chi connectivity index (χ3v) is 5.72. The molecule has 0 fully saturated rings. The number of nitrogens with one attached hydrogen (secondary N) is 2. The second kappa shape index (κ2) is 10.3. The molecule has 0 unspecified atom stereocenters. The highest BCUT2D eigenvalue weighted by molar-refractivity contribution is 5.95. The molecular weight excluding hydrogens is 462 g/mol. The molecule has 36 heavy (non-hydrogen) atoms. The first-order chi connectivity index (χ1) is 17.4. The molecule has 3 heterocycles. The van der Waals surface area contributed by atoms with Gasteiger partial charge in [0.2, 0.25) is 5.95 Å². The van der Waals surface area contributed by atoms with Crippen molar-refractivity contribution in [1.82, 2.24) is 29.4 Å². The van der Waals surface area contributed by atoms with Crippen LogP contribution in [0, 0.1) is 0 Å². The van der Waals surface area contributed by atoms with Crippen molar-refractivity contribution >= 4 is 34.7 Å². The number of allylic oxidation sites excluding steroid dienone is 1. The normalized spacial score (nSPS) is 11.1. The van der Waals surface area contributed by atoms with Crippen LogP contribution in [-0.2, 0) is 20.6 Å². The highest BCUT2D eigenvalue weighted by Crippen LogP contribution is 2.29. The Balaban J connectivity index is 1.64. The molecule has 1 aromatic carbocycles. The molecule has 0 atom stereocenters. The summed E-state index contributed by atoms with van der Waals surface area (Å²) >= 11 is 0. The van der Waals surface area contributed by atoms with Gasteiger partial charge in [-0.15, -0.1) is 0 Å². The van der Waals surface area contributed by atoms with Gasteiger partial charge in [0.05, 0.1) is 55.7 Å². The number of nitrogens with zero attached hydrogens (tertiary/aromatic N) is 5. The van der Waals surface area contributed by atoms with Crippen LogP contribution in [0.4, 0.5) is 11.6 Å². The molecule has 11 nitrogen and oxygen atoms in total. The minimum absolute atomic E-state index is 0.201. The average Bonchev–Trinajstić information content (AvgIpc) is 3.30. The summed E-state index contributed by atoms with van der Waals surface area (Å²) in [4.78, 5) is 38.4. The minimum atomic E-state index is -0.277. The number of carbonyl (C=O) groups is 1. The standard InChI is InChI=1S/C25H27N7O4/c1-6-7-17-21-19(32(3)24(34)22(17)36-5)13-28-25(30-21)29-18-9-8-15(10-20(18)35-4)23(33)27-12-16-11-26-14-31(16)2/h6-11,13-14H,12H2,1-5H3,(H,27,33)(H,28,29,30). The van der Waals surface area contributed by atoms with Gasteiger partial charge in [-0.2, -0.15) is 0 Å². The van der Waals surface area contributed by atoms with E-state index in [1.165, 1.54) is 18.8 Å². The summed E-state index contributed by atoms with van der Waals surface area (Å²) in [6.45, 7) is 2.20. The Hall–Kier alpha value is -4.67. The number of hydrogen-bond donors (Lipinski definition) is 2. The maximum atomic E-state index is 12.7. The van der Waals surface area contributed by atoms with E-state index >= 15 is 0 Å². The third kappa shape index (κ3) is 4.63. The van der Waals surface area contributed by atoms with Gasteiger partial charge >= 0.3 is 0 Å². The van der Waals surface area contributed by atoms with Gasteiger partial charge < -0.3 is 29.2 Å². The zero-order valence-corrected chi connectivity index (χ0v) is 20.7. The summed E-state index contributed by atoms with van der Waals surface area (Å²) in [5, 5.41) is 6.02. The quantitative estimate of drug-likeness (QED) is 0.387. The Morgan fingerprint density at radius 2 is 1.97 bits per heavy atom. The molecule has 3 aromatic heterocycles. The van der Waals surface area contributed by atoms with E-state index in [1.807, 2.05) is 24.6 Å². The fraction of sp³-hybridized carbons (Fsp3) is 0.240. The Labute approximate surface area is 207 Å². The largest absolute Gasteiger partial charge is 0.495 e. The van der Waals surface area contributed by atoms with Crippen LogP contribution in [0.1, 0.15) is 28.5 Å². The van der Waals surface area contributed by atoms with Crippen molar-refractivity contribution in [2.75, 3.05) is 19.5 Å². The molecule has 0 bridgehead atoms. The molecule has 0 aliphatic carbocycles. The van der Waals surface area contributed by atoms with Crippen molar-refractivity contribution in [3.05, 3.63) is 70.2 Å². The lowest BCUT2D eigenvalue weighted by Gasteiger charge is -2.14. The van der Waals surface area contributed by atoms with E-state index in [1.54, 1.807) is 50.0 Å². The molecule has 0 radical (unpaired) electrons. The number of fused-ring (bicyclic) bond motifs is 1. The molecule has 2 N–H and O–H groups in total. The van der Waals surface area contributed by atoms with Crippen molar-refractivity contribution in [3.63, 3.8) is 0 Å². The lowest BCUT2D eigenvalue weighted by Crippen LogP contribution is -2.23. The molecular formula is C25H27N7O4. The molecule has 4 aromatic rings. The number of pyridine rings is 1. The van der Waals surface area contributed by atoms with Gasteiger partial charge in [0.25, 0.3) is 11.5 Å². The molecule has 0 spiro atoms. The number of ether oxygens (including phenoxy) is 2. The molecule has 0 aliphatic heterocycles. The Morgan fingerprint density at radius 3 is 2.64 bits per heavy atom. The molecule has 0 saturated carbocycles. The van der Waals surface area contributed by atoms with Crippen LogP contribution in [0.5, 0.6) is 11.5 Å². The fourth-order valence-electron chi connectivity index (χ4n) is 3.77. The summed E-state index contributed by atoms with van der Waals surface area (Å²) in [5.74, 6) is 0.693. The Bertz CT molecular complexity index is 1520. The van der Waals surface area contributed by atoms with Crippen LogP contribution >= 0.6 is 0 Å². The summed E-state index contributed by atoms with van der Waals surface area (Å²) in [6, 6.07) is 5.04. The van der Waals surface area contributed by atoms with E-state index in [4.69, 9.17) is 9.47 Å². The van der Waals surface area contributed by atoms with Crippen molar-refractivity contribution in [2.24, 2.45) is 14.1 Å². The lowest BCUT2D eigenvalue weighted by molar-refractivity contribution is 0.0950. The predicted octanol–water partition coefficient (Wildman–Crippen LogP) is 2.79. The number of benzene rings is 1. The number of anilines is 2. The highest BCUT2D eigenvalue weighted by Gasteiger charge is 2.17. The summed E-state index contributed by atoms with van der Waals surface area (Å²) < 4.78 is 14.2. The molecule has 11 heteroatoms. The zero-order valence-electron chi connectivity index (χ0n) is 20.7. The highest BCUT2D eigenvalue weighted by atomic mass is 16.5. The number of amides is 1. The van der Waals surface area contributed by atoms with Gasteiger partial charge in [-0.1, -0.05) is 12.2 Å². The first kappa shape index (κ1) is 24.5. The number of carbonyl (C=O) groups excluding carboxylic acids is 1. The Morgan fingerprint density at radius 1 is 1.17 bits per heavy atom. The molecule has 0 saturated heterocycles. The van der Waals surface area contributed by atoms with E-state index in [2.05, 4.69) is 25.6 Å². The van der Waals surface area contributed by atoms with Crippen LogP contribution in [0.3, 0.4) is 0 Å². The maximum Gasteiger partial charge on any atom is 0.293 e. The zero-order chi connectivity index (χ0) is 25.8. The SMILES string of the molecule is CC=Cc1c(OC)c(=O)n(C)c2cnc(Nc3ccc(C(=O)NCc4cncn4C)cc3OC)nc12. The number of imidazole rings is 1. The smallest absolute Gasteiger partial charge is 0.293 e. The monoisotopic (exact) mass is 489 g/mol. The van der Waals surface area contributed by atoms with Gasteiger partial charge in [-0.05, 0) is 25.1 Å². The maximum absolute atomic E-state index is 12.7.